The zero-order valence-corrected chi connectivity index (χ0v) is 11.7. The third-order valence-electron chi connectivity index (χ3n) is 2.96. The Balaban J connectivity index is 2.16. The van der Waals surface area contributed by atoms with E-state index in [2.05, 4.69) is 4.74 Å². The Morgan fingerprint density at radius 2 is 1.90 bits per heavy atom. The van der Waals surface area contributed by atoms with Crippen molar-refractivity contribution < 1.29 is 17.9 Å². The molecule has 0 radical (unpaired) electrons. The fourth-order valence-corrected chi connectivity index (χ4v) is 2.17. The van der Waals surface area contributed by atoms with Crippen LogP contribution in [-0.2, 0) is 6.42 Å². The first kappa shape index (κ1) is 15.7. The maximum absolute atomic E-state index is 13.7. The Morgan fingerprint density at radius 3 is 2.62 bits per heavy atom. The van der Waals surface area contributed by atoms with Crippen LogP contribution in [0.4, 0.5) is 13.2 Å². The molecule has 0 aromatic heterocycles. The van der Waals surface area contributed by atoms with Crippen LogP contribution in [0.1, 0.15) is 17.2 Å². The Morgan fingerprint density at radius 1 is 1.14 bits per heavy atom. The SMILES string of the molecule is NC(Cc1cc(Cl)ccc1F)c1cccc(OC(F)F)c1. The van der Waals surface area contributed by atoms with Crippen molar-refractivity contribution in [3.05, 3.63) is 64.4 Å². The van der Waals surface area contributed by atoms with Gasteiger partial charge in [0.15, 0.2) is 0 Å². The standard InChI is InChI=1S/C15H13ClF3NO/c16-11-4-5-13(17)10(6-11)8-14(20)9-2-1-3-12(7-9)21-15(18)19/h1-7,14-15H,8,20H2. The summed E-state index contributed by atoms with van der Waals surface area (Å²) in [7, 11) is 0. The van der Waals surface area contributed by atoms with Gasteiger partial charge in [-0.15, -0.1) is 0 Å². The van der Waals surface area contributed by atoms with Crippen molar-refractivity contribution >= 4 is 11.6 Å². The topological polar surface area (TPSA) is 35.2 Å². The molecule has 0 aliphatic carbocycles. The van der Waals surface area contributed by atoms with Crippen molar-refractivity contribution in [2.45, 2.75) is 19.1 Å². The average molecular weight is 316 g/mol. The highest BCUT2D eigenvalue weighted by molar-refractivity contribution is 6.30. The van der Waals surface area contributed by atoms with Gasteiger partial charge in [-0.3, -0.25) is 0 Å². The van der Waals surface area contributed by atoms with Gasteiger partial charge in [-0.05, 0) is 47.9 Å². The molecule has 2 aromatic rings. The number of rotatable bonds is 5. The van der Waals surface area contributed by atoms with Gasteiger partial charge < -0.3 is 10.5 Å². The zero-order valence-electron chi connectivity index (χ0n) is 10.9. The second-order valence-corrected chi connectivity index (χ2v) is 4.93. The normalized spacial score (nSPS) is 12.5. The van der Waals surface area contributed by atoms with E-state index in [1.165, 1.54) is 30.3 Å². The minimum absolute atomic E-state index is 0.0181. The highest BCUT2D eigenvalue weighted by atomic mass is 35.5. The van der Waals surface area contributed by atoms with Crippen molar-refractivity contribution in [3.63, 3.8) is 0 Å². The van der Waals surface area contributed by atoms with Crippen LogP contribution in [0.2, 0.25) is 5.02 Å². The van der Waals surface area contributed by atoms with Gasteiger partial charge >= 0.3 is 6.61 Å². The van der Waals surface area contributed by atoms with E-state index in [0.29, 0.717) is 16.1 Å². The van der Waals surface area contributed by atoms with Crippen LogP contribution in [0.25, 0.3) is 0 Å². The number of alkyl halides is 2. The molecule has 112 valence electrons. The molecule has 1 unspecified atom stereocenters. The maximum Gasteiger partial charge on any atom is 0.387 e. The molecule has 0 bridgehead atoms. The van der Waals surface area contributed by atoms with E-state index in [0.717, 1.165) is 0 Å². The van der Waals surface area contributed by atoms with Crippen molar-refractivity contribution in [2.24, 2.45) is 5.73 Å². The maximum atomic E-state index is 13.7. The Hall–Kier alpha value is -1.72. The van der Waals surface area contributed by atoms with E-state index in [9.17, 15) is 13.2 Å². The van der Waals surface area contributed by atoms with Gasteiger partial charge in [-0.25, -0.2) is 4.39 Å². The van der Waals surface area contributed by atoms with Crippen molar-refractivity contribution in [1.82, 2.24) is 0 Å². The fourth-order valence-electron chi connectivity index (χ4n) is 1.98. The third kappa shape index (κ3) is 4.37. The molecule has 0 amide bonds. The second kappa shape index (κ2) is 6.83. The average Bonchev–Trinajstić information content (AvgIpc) is 2.42. The molecule has 0 heterocycles. The van der Waals surface area contributed by atoms with Crippen molar-refractivity contribution in [2.75, 3.05) is 0 Å². The number of nitrogens with two attached hydrogens (primary N) is 1. The molecular weight excluding hydrogens is 303 g/mol. The predicted molar refractivity (Wildman–Crippen MR) is 75.1 cm³/mol. The number of ether oxygens (including phenoxy) is 1. The van der Waals surface area contributed by atoms with Gasteiger partial charge in [0.25, 0.3) is 0 Å². The van der Waals surface area contributed by atoms with E-state index >= 15 is 0 Å². The molecular formula is C15H13ClF3NO. The van der Waals surface area contributed by atoms with Crippen molar-refractivity contribution in [3.8, 4) is 5.75 Å². The summed E-state index contributed by atoms with van der Waals surface area (Å²) >= 11 is 5.82. The van der Waals surface area contributed by atoms with E-state index in [-0.39, 0.29) is 12.2 Å². The first-order chi connectivity index (χ1) is 9.95. The minimum atomic E-state index is -2.90. The van der Waals surface area contributed by atoms with E-state index < -0.39 is 18.5 Å². The van der Waals surface area contributed by atoms with Crippen LogP contribution >= 0.6 is 11.6 Å². The molecule has 0 saturated carbocycles. The summed E-state index contributed by atoms with van der Waals surface area (Å²) < 4.78 is 42.3. The quantitative estimate of drug-likeness (QED) is 0.891. The second-order valence-electron chi connectivity index (χ2n) is 4.50. The Bertz CT molecular complexity index is 622. The third-order valence-corrected chi connectivity index (χ3v) is 3.19. The number of hydrogen-bond donors (Lipinski definition) is 1. The molecule has 6 heteroatoms. The first-order valence-corrected chi connectivity index (χ1v) is 6.58. The van der Waals surface area contributed by atoms with Crippen LogP contribution in [0.15, 0.2) is 42.5 Å². The zero-order chi connectivity index (χ0) is 15.4. The minimum Gasteiger partial charge on any atom is -0.435 e. The summed E-state index contributed by atoms with van der Waals surface area (Å²) in [5.74, 6) is -0.389. The smallest absolute Gasteiger partial charge is 0.387 e. The summed E-state index contributed by atoms with van der Waals surface area (Å²) in [6.07, 6.45) is 0.199. The highest BCUT2D eigenvalue weighted by Gasteiger charge is 2.13. The number of benzene rings is 2. The molecule has 0 fully saturated rings. The summed E-state index contributed by atoms with van der Waals surface area (Å²) in [4.78, 5) is 0. The molecule has 2 rings (SSSR count). The number of hydrogen-bond acceptors (Lipinski definition) is 2. The van der Waals surface area contributed by atoms with Gasteiger partial charge in [-0.1, -0.05) is 23.7 Å². The molecule has 2 aromatic carbocycles. The van der Waals surface area contributed by atoms with Crippen LogP contribution in [0, 0.1) is 5.82 Å². The van der Waals surface area contributed by atoms with Gasteiger partial charge in [0.05, 0.1) is 0 Å². The summed E-state index contributed by atoms with van der Waals surface area (Å²) in [6.45, 7) is -2.90. The largest absolute Gasteiger partial charge is 0.435 e. The molecule has 21 heavy (non-hydrogen) atoms. The van der Waals surface area contributed by atoms with Gasteiger partial charge in [-0.2, -0.15) is 8.78 Å². The molecule has 0 aliphatic rings. The monoisotopic (exact) mass is 315 g/mol. The lowest BCUT2D eigenvalue weighted by Crippen LogP contribution is -2.14. The Kier molecular flexibility index (Phi) is 5.09. The van der Waals surface area contributed by atoms with E-state index in [1.807, 2.05) is 0 Å². The fraction of sp³-hybridized carbons (Fsp3) is 0.200. The Labute approximate surface area is 125 Å². The van der Waals surface area contributed by atoms with E-state index in [1.54, 1.807) is 12.1 Å². The molecule has 2 nitrogen and oxygen atoms in total. The molecule has 0 spiro atoms. The predicted octanol–water partition coefficient (Wildman–Crippen LogP) is 4.32. The lowest BCUT2D eigenvalue weighted by molar-refractivity contribution is -0.0498. The van der Waals surface area contributed by atoms with Crippen LogP contribution in [0.3, 0.4) is 0 Å². The first-order valence-electron chi connectivity index (χ1n) is 6.20. The van der Waals surface area contributed by atoms with Crippen LogP contribution < -0.4 is 10.5 Å². The summed E-state index contributed by atoms with van der Waals surface area (Å²) in [6, 6.07) is 9.70. The van der Waals surface area contributed by atoms with Gasteiger partial charge in [0, 0.05) is 11.1 Å². The van der Waals surface area contributed by atoms with E-state index in [4.69, 9.17) is 17.3 Å². The highest BCUT2D eigenvalue weighted by Crippen LogP contribution is 2.24. The lowest BCUT2D eigenvalue weighted by atomic mass is 9.99. The van der Waals surface area contributed by atoms with Crippen molar-refractivity contribution in [1.29, 1.82) is 0 Å². The summed E-state index contributed by atoms with van der Waals surface area (Å²) in [5.41, 5.74) is 6.94. The molecule has 0 aliphatic heterocycles. The van der Waals surface area contributed by atoms with Crippen LogP contribution in [0.5, 0.6) is 5.75 Å². The lowest BCUT2D eigenvalue weighted by Gasteiger charge is -2.14. The number of halogens is 4. The molecule has 2 N–H and O–H groups in total. The summed E-state index contributed by atoms with van der Waals surface area (Å²) in [5, 5.41) is 0.411. The van der Waals surface area contributed by atoms with Gasteiger partial charge in [0.1, 0.15) is 11.6 Å². The molecule has 0 saturated heterocycles. The van der Waals surface area contributed by atoms with Gasteiger partial charge in [0.2, 0.25) is 0 Å². The molecule has 1 atom stereocenters. The van der Waals surface area contributed by atoms with Crippen LogP contribution in [-0.4, -0.2) is 6.61 Å².